The Morgan fingerprint density at radius 1 is 1.42 bits per heavy atom. The van der Waals surface area contributed by atoms with Crippen LogP contribution in [0.2, 0.25) is 0 Å². The number of nitrogens with zero attached hydrogens (tertiary/aromatic N) is 2. The Bertz CT molecular complexity index is 495. The summed E-state index contributed by atoms with van der Waals surface area (Å²) in [6.45, 7) is 3.43. The number of hydrogen-bond donors (Lipinski definition) is 0. The molecule has 0 aromatic heterocycles. The molecule has 0 aliphatic carbocycles. The number of ether oxygens (including phenoxy) is 1. The van der Waals surface area contributed by atoms with Crippen molar-refractivity contribution in [3.63, 3.8) is 0 Å². The van der Waals surface area contributed by atoms with Crippen LogP contribution in [0.5, 0.6) is 0 Å². The van der Waals surface area contributed by atoms with Crippen LogP contribution in [-0.2, 0) is 4.74 Å². The number of hydrogen-bond acceptors (Lipinski definition) is 5. The van der Waals surface area contributed by atoms with E-state index in [4.69, 9.17) is 4.74 Å². The van der Waals surface area contributed by atoms with E-state index in [9.17, 15) is 14.9 Å². The number of esters is 1. The lowest BCUT2D eigenvalue weighted by Gasteiger charge is -2.20. The molecule has 1 heterocycles. The first-order valence-corrected chi connectivity index (χ1v) is 6.34. The van der Waals surface area contributed by atoms with Crippen molar-refractivity contribution in [1.29, 1.82) is 0 Å². The largest absolute Gasteiger partial charge is 0.462 e. The minimum absolute atomic E-state index is 0.0348. The highest BCUT2D eigenvalue weighted by molar-refractivity contribution is 5.98. The van der Waals surface area contributed by atoms with Crippen LogP contribution in [0.3, 0.4) is 0 Å². The molecule has 1 fully saturated rings. The molecule has 0 spiro atoms. The molecule has 0 unspecified atom stereocenters. The molecule has 0 N–H and O–H groups in total. The zero-order chi connectivity index (χ0) is 13.8. The minimum Gasteiger partial charge on any atom is -0.462 e. The molecule has 1 aromatic rings. The maximum absolute atomic E-state index is 11.9. The molecule has 0 radical (unpaired) electrons. The van der Waals surface area contributed by atoms with Gasteiger partial charge in [-0.15, -0.1) is 0 Å². The first-order chi connectivity index (χ1) is 9.15. The van der Waals surface area contributed by atoms with Gasteiger partial charge in [0.05, 0.1) is 17.1 Å². The molecule has 1 aromatic carbocycles. The van der Waals surface area contributed by atoms with Crippen molar-refractivity contribution in [2.24, 2.45) is 0 Å². The van der Waals surface area contributed by atoms with Gasteiger partial charge in [-0.2, -0.15) is 0 Å². The number of rotatable bonds is 4. The quantitative estimate of drug-likeness (QED) is 0.474. The second kappa shape index (κ2) is 5.69. The molecule has 0 bridgehead atoms. The van der Waals surface area contributed by atoms with Crippen molar-refractivity contribution in [2.45, 2.75) is 19.8 Å². The van der Waals surface area contributed by atoms with Gasteiger partial charge >= 0.3 is 5.97 Å². The predicted octanol–water partition coefficient (Wildman–Crippen LogP) is 2.37. The third-order valence-corrected chi connectivity index (χ3v) is 3.13. The summed E-state index contributed by atoms with van der Waals surface area (Å²) in [5, 5.41) is 11.1. The Hall–Kier alpha value is -2.11. The van der Waals surface area contributed by atoms with Crippen molar-refractivity contribution >= 4 is 17.3 Å². The minimum atomic E-state index is -0.506. The van der Waals surface area contributed by atoms with E-state index in [0.29, 0.717) is 5.69 Å². The molecule has 102 valence electrons. The summed E-state index contributed by atoms with van der Waals surface area (Å²) in [5.74, 6) is -0.506. The van der Waals surface area contributed by atoms with Gasteiger partial charge in [0, 0.05) is 19.2 Å². The summed E-state index contributed by atoms with van der Waals surface area (Å²) >= 11 is 0. The standard InChI is InChI=1S/C13H16N2O4/c1-2-19-13(16)10-6-5-7-11(15(17)18)12(10)14-8-3-4-9-14/h5-7H,2-4,8-9H2,1H3. The summed E-state index contributed by atoms with van der Waals surface area (Å²) in [7, 11) is 0. The number of para-hydroxylation sites is 1. The van der Waals surface area contributed by atoms with Gasteiger partial charge in [-0.25, -0.2) is 4.79 Å². The van der Waals surface area contributed by atoms with Crippen molar-refractivity contribution in [1.82, 2.24) is 0 Å². The third-order valence-electron chi connectivity index (χ3n) is 3.13. The molecular weight excluding hydrogens is 248 g/mol. The van der Waals surface area contributed by atoms with Crippen molar-refractivity contribution in [2.75, 3.05) is 24.6 Å². The van der Waals surface area contributed by atoms with Gasteiger partial charge in [0.25, 0.3) is 5.69 Å². The van der Waals surface area contributed by atoms with Crippen LogP contribution >= 0.6 is 0 Å². The normalized spacial score (nSPS) is 14.5. The number of benzene rings is 1. The lowest BCUT2D eigenvalue weighted by Crippen LogP contribution is -2.22. The average Bonchev–Trinajstić information content (AvgIpc) is 2.91. The van der Waals surface area contributed by atoms with E-state index in [1.165, 1.54) is 12.1 Å². The van der Waals surface area contributed by atoms with Crippen LogP contribution in [0.1, 0.15) is 30.1 Å². The molecular formula is C13H16N2O4. The molecule has 1 saturated heterocycles. The van der Waals surface area contributed by atoms with Gasteiger partial charge in [-0.1, -0.05) is 6.07 Å². The Kier molecular flexibility index (Phi) is 3.99. The predicted molar refractivity (Wildman–Crippen MR) is 70.5 cm³/mol. The van der Waals surface area contributed by atoms with Gasteiger partial charge in [0.1, 0.15) is 5.69 Å². The second-order valence-corrected chi connectivity index (χ2v) is 4.35. The van der Waals surface area contributed by atoms with Crippen molar-refractivity contribution in [3.05, 3.63) is 33.9 Å². The first-order valence-electron chi connectivity index (χ1n) is 6.34. The molecule has 6 nitrogen and oxygen atoms in total. The smallest absolute Gasteiger partial charge is 0.340 e. The maximum Gasteiger partial charge on any atom is 0.340 e. The number of carbonyl (C=O) groups excluding carboxylic acids is 1. The van der Waals surface area contributed by atoms with Crippen LogP contribution in [-0.4, -0.2) is 30.6 Å². The van der Waals surface area contributed by atoms with E-state index < -0.39 is 10.9 Å². The fourth-order valence-corrected chi connectivity index (χ4v) is 2.33. The van der Waals surface area contributed by atoms with Gasteiger partial charge in [-0.05, 0) is 25.8 Å². The van der Waals surface area contributed by atoms with Gasteiger partial charge in [-0.3, -0.25) is 10.1 Å². The highest BCUT2D eigenvalue weighted by Gasteiger charge is 2.28. The van der Waals surface area contributed by atoms with Crippen molar-refractivity contribution < 1.29 is 14.5 Å². The number of anilines is 1. The Morgan fingerprint density at radius 3 is 2.68 bits per heavy atom. The maximum atomic E-state index is 11.9. The summed E-state index contributed by atoms with van der Waals surface area (Å²) in [6.07, 6.45) is 1.96. The fraction of sp³-hybridized carbons (Fsp3) is 0.462. The molecule has 1 aliphatic rings. The second-order valence-electron chi connectivity index (χ2n) is 4.35. The highest BCUT2D eigenvalue weighted by Crippen LogP contribution is 2.34. The van der Waals surface area contributed by atoms with Crippen LogP contribution < -0.4 is 4.90 Å². The van der Waals surface area contributed by atoms with E-state index in [-0.39, 0.29) is 17.9 Å². The van der Waals surface area contributed by atoms with Crippen LogP contribution in [0.25, 0.3) is 0 Å². The molecule has 0 saturated carbocycles. The summed E-state index contributed by atoms with van der Waals surface area (Å²) in [6, 6.07) is 4.53. The van der Waals surface area contributed by atoms with E-state index in [1.54, 1.807) is 13.0 Å². The zero-order valence-electron chi connectivity index (χ0n) is 10.8. The summed E-state index contributed by atoms with van der Waals surface area (Å²) in [5.41, 5.74) is 0.633. The lowest BCUT2D eigenvalue weighted by atomic mass is 10.1. The van der Waals surface area contributed by atoms with Gasteiger partial charge in [0.15, 0.2) is 0 Å². The molecule has 0 amide bonds. The van der Waals surface area contributed by atoms with Crippen LogP contribution in [0.4, 0.5) is 11.4 Å². The Labute approximate surface area is 111 Å². The van der Waals surface area contributed by atoms with Crippen LogP contribution in [0, 0.1) is 10.1 Å². The monoisotopic (exact) mass is 264 g/mol. The number of carbonyl (C=O) groups is 1. The van der Waals surface area contributed by atoms with E-state index in [2.05, 4.69) is 0 Å². The molecule has 1 aliphatic heterocycles. The SMILES string of the molecule is CCOC(=O)c1cccc([N+](=O)[O-])c1N1CCCC1. The van der Waals surface area contributed by atoms with Gasteiger partial charge < -0.3 is 9.64 Å². The first kappa shape index (κ1) is 13.3. The average molecular weight is 264 g/mol. The molecule has 19 heavy (non-hydrogen) atoms. The Balaban J connectivity index is 2.49. The highest BCUT2D eigenvalue weighted by atomic mass is 16.6. The fourth-order valence-electron chi connectivity index (χ4n) is 2.33. The molecule has 0 atom stereocenters. The van der Waals surface area contributed by atoms with E-state index >= 15 is 0 Å². The summed E-state index contributed by atoms with van der Waals surface area (Å²) in [4.78, 5) is 24.5. The number of nitro benzene ring substituents is 1. The van der Waals surface area contributed by atoms with Crippen molar-refractivity contribution in [3.8, 4) is 0 Å². The molecule has 2 rings (SSSR count). The lowest BCUT2D eigenvalue weighted by molar-refractivity contribution is -0.384. The summed E-state index contributed by atoms with van der Waals surface area (Å²) < 4.78 is 4.97. The zero-order valence-corrected chi connectivity index (χ0v) is 10.8. The Morgan fingerprint density at radius 2 is 2.11 bits per heavy atom. The van der Waals surface area contributed by atoms with Gasteiger partial charge in [0.2, 0.25) is 0 Å². The topological polar surface area (TPSA) is 72.7 Å². The van der Waals surface area contributed by atoms with E-state index in [0.717, 1.165) is 25.9 Å². The van der Waals surface area contributed by atoms with Crippen LogP contribution in [0.15, 0.2) is 18.2 Å². The third kappa shape index (κ3) is 2.67. The number of nitro groups is 1. The van der Waals surface area contributed by atoms with E-state index in [1.807, 2.05) is 4.90 Å². The molecule has 6 heteroatoms.